The van der Waals surface area contributed by atoms with E-state index in [1.54, 1.807) is 0 Å². The van der Waals surface area contributed by atoms with Gasteiger partial charge in [0.05, 0.1) is 6.04 Å². The number of hydrazine groups is 1. The molecule has 0 bridgehead atoms. The normalized spacial score (nSPS) is 24.3. The number of aryl methyl sites for hydroxylation is 1. The van der Waals surface area contributed by atoms with Crippen molar-refractivity contribution in [3.8, 4) is 0 Å². The maximum Gasteiger partial charge on any atom is 0.328 e. The molecule has 152 valence electrons. The van der Waals surface area contributed by atoms with Gasteiger partial charge in [-0.1, -0.05) is 30.3 Å². The summed E-state index contributed by atoms with van der Waals surface area (Å²) in [5, 5.41) is 25.3. The van der Waals surface area contributed by atoms with Crippen molar-refractivity contribution >= 4 is 17.8 Å². The van der Waals surface area contributed by atoms with Gasteiger partial charge in [-0.15, -0.1) is 0 Å². The van der Waals surface area contributed by atoms with Gasteiger partial charge in [0.25, 0.3) is 5.91 Å². The highest BCUT2D eigenvalue weighted by atomic mass is 16.4. The zero-order valence-electron chi connectivity index (χ0n) is 15.8. The molecule has 8 heteroatoms. The molecule has 28 heavy (non-hydrogen) atoms. The van der Waals surface area contributed by atoms with Gasteiger partial charge in [0.1, 0.15) is 12.1 Å². The largest absolute Gasteiger partial charge is 0.480 e. The Morgan fingerprint density at radius 2 is 1.79 bits per heavy atom. The summed E-state index contributed by atoms with van der Waals surface area (Å²) in [6.45, 7) is 1.26. The summed E-state index contributed by atoms with van der Waals surface area (Å²) < 4.78 is 0. The number of benzene rings is 1. The Bertz CT molecular complexity index is 711. The van der Waals surface area contributed by atoms with Crippen LogP contribution in [0.25, 0.3) is 0 Å². The zero-order valence-corrected chi connectivity index (χ0v) is 15.8. The molecule has 1 amide bonds. The molecule has 2 aliphatic heterocycles. The van der Waals surface area contributed by atoms with Crippen LogP contribution in [0.15, 0.2) is 30.3 Å². The maximum atomic E-state index is 13.1. The van der Waals surface area contributed by atoms with E-state index < -0.39 is 30.1 Å². The molecule has 0 aromatic heterocycles. The molecule has 2 heterocycles. The van der Waals surface area contributed by atoms with Crippen LogP contribution < -0.4 is 5.32 Å². The minimum absolute atomic E-state index is 0.337. The molecule has 3 rings (SSSR count). The number of nitrogens with one attached hydrogen (secondary N) is 1. The Morgan fingerprint density at radius 1 is 1.11 bits per heavy atom. The molecule has 3 N–H and O–H groups in total. The second kappa shape index (κ2) is 9.16. The van der Waals surface area contributed by atoms with E-state index in [0.717, 1.165) is 12.0 Å². The van der Waals surface area contributed by atoms with Crippen molar-refractivity contribution < 1.29 is 24.6 Å². The number of rotatable bonds is 7. The van der Waals surface area contributed by atoms with Crippen molar-refractivity contribution in [2.75, 3.05) is 13.1 Å². The van der Waals surface area contributed by atoms with Gasteiger partial charge in [0.2, 0.25) is 0 Å². The Labute approximate surface area is 164 Å². The van der Waals surface area contributed by atoms with E-state index in [0.29, 0.717) is 45.2 Å². The monoisotopic (exact) mass is 389 g/mol. The van der Waals surface area contributed by atoms with Gasteiger partial charge in [-0.25, -0.2) is 9.80 Å². The molecule has 0 saturated carbocycles. The van der Waals surface area contributed by atoms with Gasteiger partial charge in [0.15, 0.2) is 0 Å². The van der Waals surface area contributed by atoms with Crippen molar-refractivity contribution in [2.24, 2.45) is 0 Å². The first-order chi connectivity index (χ1) is 13.5. The lowest BCUT2D eigenvalue weighted by Gasteiger charge is -2.42. The maximum absolute atomic E-state index is 13.1. The second-order valence-electron chi connectivity index (χ2n) is 7.41. The van der Waals surface area contributed by atoms with Gasteiger partial charge in [-0.3, -0.25) is 19.9 Å². The summed E-state index contributed by atoms with van der Waals surface area (Å²) in [5.41, 5.74) is 1.04. The van der Waals surface area contributed by atoms with Crippen molar-refractivity contribution in [2.45, 2.75) is 56.7 Å². The fourth-order valence-electron chi connectivity index (χ4n) is 4.03. The summed E-state index contributed by atoms with van der Waals surface area (Å²) in [6.07, 6.45) is 3.29. The van der Waals surface area contributed by atoms with Crippen LogP contribution in [0.1, 0.15) is 37.7 Å². The minimum Gasteiger partial charge on any atom is -0.480 e. The van der Waals surface area contributed by atoms with Gasteiger partial charge in [0, 0.05) is 13.1 Å². The van der Waals surface area contributed by atoms with E-state index in [4.69, 9.17) is 0 Å². The predicted octanol–water partition coefficient (Wildman–Crippen LogP) is 1.12. The standard InChI is InChI=1S/C20H27N3O5/c24-18-15(8-4-12-22-13-5-9-17(20(27)28)23(18)22)21-16(19(25)26)11-10-14-6-2-1-3-7-14/h1-3,6-7,15-17,21H,4-5,8-13H2,(H,25,26)(H,27,28)/t15-,16-,17-/m0/s1. The van der Waals surface area contributed by atoms with E-state index in [1.165, 1.54) is 5.01 Å². The van der Waals surface area contributed by atoms with Crippen LogP contribution >= 0.6 is 0 Å². The quantitative estimate of drug-likeness (QED) is 0.641. The number of amides is 1. The number of nitrogens with zero attached hydrogens (tertiary/aromatic N) is 2. The van der Waals surface area contributed by atoms with E-state index in [2.05, 4.69) is 5.32 Å². The molecular formula is C20H27N3O5. The lowest BCUT2D eigenvalue weighted by Crippen LogP contribution is -2.61. The fourth-order valence-corrected chi connectivity index (χ4v) is 4.03. The number of carboxylic acids is 2. The van der Waals surface area contributed by atoms with Crippen molar-refractivity contribution in [1.82, 2.24) is 15.3 Å². The molecule has 2 fully saturated rings. The minimum atomic E-state index is -1.02. The van der Waals surface area contributed by atoms with Crippen LogP contribution in [0.5, 0.6) is 0 Å². The zero-order chi connectivity index (χ0) is 20.1. The number of hydrogen-bond donors (Lipinski definition) is 3. The Balaban J connectivity index is 1.70. The molecular weight excluding hydrogens is 362 g/mol. The molecule has 0 unspecified atom stereocenters. The fraction of sp³-hybridized carbons (Fsp3) is 0.550. The smallest absolute Gasteiger partial charge is 0.328 e. The van der Waals surface area contributed by atoms with Crippen LogP contribution in [0.2, 0.25) is 0 Å². The third-order valence-corrected chi connectivity index (χ3v) is 5.48. The summed E-state index contributed by atoms with van der Waals surface area (Å²) in [5.74, 6) is -2.36. The molecule has 1 aromatic carbocycles. The number of carboxylic acid groups (broad SMARTS) is 2. The molecule has 0 aliphatic carbocycles. The highest BCUT2D eigenvalue weighted by Crippen LogP contribution is 2.24. The summed E-state index contributed by atoms with van der Waals surface area (Å²) in [6, 6.07) is 7.17. The third kappa shape index (κ3) is 4.69. The summed E-state index contributed by atoms with van der Waals surface area (Å²) >= 11 is 0. The Hall–Kier alpha value is -2.45. The lowest BCUT2D eigenvalue weighted by atomic mass is 10.0. The average molecular weight is 389 g/mol. The van der Waals surface area contributed by atoms with Crippen LogP contribution in [0.4, 0.5) is 0 Å². The van der Waals surface area contributed by atoms with Crippen LogP contribution in [0.3, 0.4) is 0 Å². The molecule has 2 aliphatic rings. The van der Waals surface area contributed by atoms with E-state index in [9.17, 15) is 24.6 Å². The molecule has 1 aromatic rings. The molecule has 3 atom stereocenters. The highest BCUT2D eigenvalue weighted by molar-refractivity contribution is 5.87. The van der Waals surface area contributed by atoms with Crippen molar-refractivity contribution in [1.29, 1.82) is 0 Å². The Kier molecular flexibility index (Phi) is 6.64. The van der Waals surface area contributed by atoms with E-state index in [1.807, 2.05) is 35.3 Å². The average Bonchev–Trinajstić information content (AvgIpc) is 2.84. The highest BCUT2D eigenvalue weighted by Gasteiger charge is 2.42. The summed E-state index contributed by atoms with van der Waals surface area (Å²) in [4.78, 5) is 36.5. The van der Waals surface area contributed by atoms with Crippen molar-refractivity contribution in [3.63, 3.8) is 0 Å². The van der Waals surface area contributed by atoms with E-state index >= 15 is 0 Å². The lowest BCUT2D eigenvalue weighted by molar-refractivity contribution is -0.174. The first-order valence-corrected chi connectivity index (χ1v) is 9.81. The molecule has 0 radical (unpaired) electrons. The SMILES string of the molecule is O=C(O)[C@H](CCc1ccccc1)N[C@H]1CCCN2CCC[C@@H](C(=O)O)N2C1=O. The number of carbonyl (C=O) groups excluding carboxylic acids is 1. The van der Waals surface area contributed by atoms with Gasteiger partial charge >= 0.3 is 11.9 Å². The second-order valence-corrected chi connectivity index (χ2v) is 7.41. The summed E-state index contributed by atoms with van der Waals surface area (Å²) in [7, 11) is 0. The van der Waals surface area contributed by atoms with Crippen molar-refractivity contribution in [3.05, 3.63) is 35.9 Å². The Morgan fingerprint density at radius 3 is 2.43 bits per heavy atom. The number of fused-ring (bicyclic) bond motifs is 1. The predicted molar refractivity (Wildman–Crippen MR) is 101 cm³/mol. The van der Waals surface area contributed by atoms with Gasteiger partial charge in [-0.2, -0.15) is 0 Å². The topological polar surface area (TPSA) is 110 Å². The number of hydrogen-bond acceptors (Lipinski definition) is 5. The first kappa shape index (κ1) is 20.3. The molecule has 0 spiro atoms. The van der Waals surface area contributed by atoms with Gasteiger partial charge in [-0.05, 0) is 44.1 Å². The van der Waals surface area contributed by atoms with Gasteiger partial charge < -0.3 is 10.2 Å². The third-order valence-electron chi connectivity index (χ3n) is 5.48. The molecule has 8 nitrogen and oxygen atoms in total. The van der Waals surface area contributed by atoms with Crippen LogP contribution in [-0.4, -0.2) is 69.3 Å². The van der Waals surface area contributed by atoms with Crippen LogP contribution in [0, 0.1) is 0 Å². The number of aliphatic carboxylic acids is 2. The van der Waals surface area contributed by atoms with Crippen LogP contribution in [-0.2, 0) is 20.8 Å². The van der Waals surface area contributed by atoms with E-state index in [-0.39, 0.29) is 5.91 Å². The first-order valence-electron chi connectivity index (χ1n) is 9.81. The molecule has 2 saturated heterocycles. The number of carbonyl (C=O) groups is 3.